The summed E-state index contributed by atoms with van der Waals surface area (Å²) in [6.45, 7) is 2.29. The van der Waals surface area contributed by atoms with E-state index in [4.69, 9.17) is 9.47 Å². The maximum absolute atomic E-state index is 13.6. The molecule has 2 bridgehead atoms. The molecule has 0 saturated heterocycles. The number of ether oxygens (including phenoxy) is 2. The molecule has 2 aromatic carbocycles. The molecule has 2 fully saturated rings. The number of aromatic hydroxyl groups is 1. The van der Waals surface area contributed by atoms with Crippen LogP contribution in [0, 0.1) is 11.8 Å². The standard InChI is InChI=1S/C39H43N3O7S2/c1-42(37-25-9-12-29(37)32(21-25)49-38(46)39(47,33-5-2-19-50-33)34-6-3-20-51-34)17-4-18-48-26-10-7-24(8-11-26)22-40-23-31(44)27-13-15-30(43)36-28(27)14-16-35(45)41-36/h2-3,5-8,10-11,13-16,19-20,25,29,31-32,37,40,43-44,47H,4,9,12,17-18,21-23H2,1H3,(H,41,45)/t25-,29+,31-,32+,37?/m0/s1. The quantitative estimate of drug-likeness (QED) is 0.0695. The molecule has 10 nitrogen and oxygen atoms in total. The monoisotopic (exact) mass is 729 g/mol. The minimum absolute atomic E-state index is 0.0365. The Bertz CT molecular complexity index is 1950. The van der Waals surface area contributed by atoms with Crippen LogP contribution in [0.3, 0.4) is 0 Å². The number of carbonyl (C=O) groups is 1. The van der Waals surface area contributed by atoms with Gasteiger partial charge < -0.3 is 40.0 Å². The molecular formula is C39H43N3O7S2. The van der Waals surface area contributed by atoms with Crippen molar-refractivity contribution in [1.82, 2.24) is 15.2 Å². The Hall–Kier alpha value is -4.04. The molecule has 0 amide bonds. The van der Waals surface area contributed by atoms with Gasteiger partial charge >= 0.3 is 5.97 Å². The van der Waals surface area contributed by atoms with E-state index < -0.39 is 17.7 Å². The van der Waals surface area contributed by atoms with Crippen molar-refractivity contribution in [1.29, 1.82) is 0 Å². The number of aliphatic hydroxyl groups excluding tert-OH is 1. The molecule has 0 aliphatic heterocycles. The van der Waals surface area contributed by atoms with Gasteiger partial charge in [-0.2, -0.15) is 0 Å². The van der Waals surface area contributed by atoms with Crippen LogP contribution in [0.15, 0.2) is 88.4 Å². The summed E-state index contributed by atoms with van der Waals surface area (Å²) in [5.74, 6) is 0.882. The molecule has 268 valence electrons. The topological polar surface area (TPSA) is 144 Å². The number of H-pyrrole nitrogens is 1. The van der Waals surface area contributed by atoms with Crippen molar-refractivity contribution in [2.24, 2.45) is 11.8 Å². The van der Waals surface area contributed by atoms with Gasteiger partial charge in [0.1, 0.15) is 17.6 Å². The SMILES string of the molecule is CN(CCCOc1ccc(CNC[C@H](O)c2ccc(O)c3[nH]c(=O)ccc23)cc1)C1[C@H]2CC[C@@H]1[C@H](OC(=O)C(O)(c1cccs1)c1cccs1)C2. The Morgan fingerprint density at radius 1 is 1.04 bits per heavy atom. The predicted molar refractivity (Wildman–Crippen MR) is 198 cm³/mol. The lowest BCUT2D eigenvalue weighted by Crippen LogP contribution is -2.42. The number of aliphatic hydroxyl groups is 2. The van der Waals surface area contributed by atoms with Gasteiger partial charge in [-0.1, -0.05) is 30.3 Å². The van der Waals surface area contributed by atoms with E-state index in [9.17, 15) is 24.9 Å². The third-order valence-corrected chi connectivity index (χ3v) is 12.4. The zero-order valence-corrected chi connectivity index (χ0v) is 30.0. The fourth-order valence-corrected chi connectivity index (χ4v) is 9.65. The second-order valence-corrected chi connectivity index (χ2v) is 15.5. The number of pyridine rings is 1. The van der Waals surface area contributed by atoms with Crippen LogP contribution in [0.4, 0.5) is 0 Å². The first-order valence-electron chi connectivity index (χ1n) is 17.4. The van der Waals surface area contributed by atoms with Crippen LogP contribution in [-0.2, 0) is 21.7 Å². The highest BCUT2D eigenvalue weighted by molar-refractivity contribution is 7.12. The molecule has 3 heterocycles. The molecular weight excluding hydrogens is 687 g/mol. The highest BCUT2D eigenvalue weighted by Crippen LogP contribution is 2.49. The molecule has 12 heteroatoms. The molecule has 2 saturated carbocycles. The molecule has 2 aliphatic rings. The van der Waals surface area contributed by atoms with Gasteiger partial charge in [0.05, 0.1) is 28.0 Å². The number of phenols is 1. The highest BCUT2D eigenvalue weighted by atomic mass is 32.1. The second-order valence-electron chi connectivity index (χ2n) is 13.6. The van der Waals surface area contributed by atoms with Crippen LogP contribution in [0.1, 0.15) is 52.7 Å². The summed E-state index contributed by atoms with van der Waals surface area (Å²) in [6, 6.07) is 21.6. The average molecular weight is 730 g/mol. The molecule has 0 spiro atoms. The Labute approximate surface area is 304 Å². The summed E-state index contributed by atoms with van der Waals surface area (Å²) in [6.07, 6.45) is 2.79. The van der Waals surface area contributed by atoms with E-state index in [1.807, 2.05) is 47.2 Å². The lowest BCUT2D eigenvalue weighted by Gasteiger charge is -2.31. The number of aromatic nitrogens is 1. The molecule has 1 unspecified atom stereocenters. The first-order valence-corrected chi connectivity index (χ1v) is 19.2. The number of carbonyl (C=O) groups excluding carboxylic acids is 1. The molecule has 2 aliphatic carbocycles. The number of nitrogens with zero attached hydrogens (tertiary/aromatic N) is 1. The number of benzene rings is 2. The zero-order chi connectivity index (χ0) is 35.5. The van der Waals surface area contributed by atoms with E-state index in [1.165, 1.54) is 34.8 Å². The van der Waals surface area contributed by atoms with Gasteiger partial charge in [0.15, 0.2) is 0 Å². The number of rotatable bonds is 15. The Kier molecular flexibility index (Phi) is 10.6. The summed E-state index contributed by atoms with van der Waals surface area (Å²) in [5, 5.41) is 40.2. The predicted octanol–water partition coefficient (Wildman–Crippen LogP) is 5.53. The minimum Gasteiger partial charge on any atom is -0.506 e. The van der Waals surface area contributed by atoms with Crippen molar-refractivity contribution >= 4 is 39.5 Å². The largest absolute Gasteiger partial charge is 0.506 e. The number of nitrogens with one attached hydrogen (secondary N) is 2. The molecule has 5 atom stereocenters. The normalized spacial score (nSPS) is 20.6. The number of esters is 1. The number of phenolic OH excluding ortho intramolecular Hbond substituents is 1. The van der Waals surface area contributed by atoms with E-state index in [2.05, 4.69) is 22.2 Å². The zero-order valence-electron chi connectivity index (χ0n) is 28.4. The van der Waals surface area contributed by atoms with Crippen LogP contribution >= 0.6 is 22.7 Å². The van der Waals surface area contributed by atoms with Crippen molar-refractivity contribution in [3.63, 3.8) is 0 Å². The van der Waals surface area contributed by atoms with E-state index in [0.29, 0.717) is 57.9 Å². The number of aromatic amines is 1. The number of fused-ring (bicyclic) bond motifs is 3. The second kappa shape index (κ2) is 15.3. The van der Waals surface area contributed by atoms with Crippen molar-refractivity contribution in [3.05, 3.63) is 115 Å². The summed E-state index contributed by atoms with van der Waals surface area (Å²) in [5.41, 5.74) is -0.116. The molecule has 0 radical (unpaired) electrons. The molecule has 5 N–H and O–H groups in total. The maximum Gasteiger partial charge on any atom is 0.349 e. The van der Waals surface area contributed by atoms with Crippen LogP contribution in [0.2, 0.25) is 0 Å². The van der Waals surface area contributed by atoms with Gasteiger partial charge in [0.2, 0.25) is 11.2 Å². The third-order valence-electron chi connectivity index (χ3n) is 10.4. The first kappa shape index (κ1) is 35.4. The Balaban J connectivity index is 0.853. The maximum atomic E-state index is 13.6. The smallest absolute Gasteiger partial charge is 0.349 e. The van der Waals surface area contributed by atoms with Crippen molar-refractivity contribution in [3.8, 4) is 11.5 Å². The summed E-state index contributed by atoms with van der Waals surface area (Å²) in [7, 11) is 2.15. The van der Waals surface area contributed by atoms with Crippen molar-refractivity contribution in [2.75, 3.05) is 26.7 Å². The van der Waals surface area contributed by atoms with Gasteiger partial charge in [0.25, 0.3) is 0 Å². The van der Waals surface area contributed by atoms with Gasteiger partial charge in [-0.05, 0) is 96.9 Å². The lowest BCUT2D eigenvalue weighted by atomic mass is 9.96. The van der Waals surface area contributed by atoms with E-state index in [1.54, 1.807) is 24.3 Å². The molecule has 7 rings (SSSR count). The Morgan fingerprint density at radius 2 is 1.78 bits per heavy atom. The number of hydrogen-bond acceptors (Lipinski definition) is 11. The lowest BCUT2D eigenvalue weighted by molar-refractivity contribution is -0.170. The van der Waals surface area contributed by atoms with Gasteiger partial charge in [-0.15, -0.1) is 22.7 Å². The van der Waals surface area contributed by atoms with Gasteiger partial charge in [-0.25, -0.2) is 4.79 Å². The van der Waals surface area contributed by atoms with E-state index >= 15 is 0 Å². The molecule has 3 aromatic heterocycles. The molecule has 5 aromatic rings. The number of hydrogen-bond donors (Lipinski definition) is 5. The molecule has 51 heavy (non-hydrogen) atoms. The average Bonchev–Trinajstić information content (AvgIpc) is 3.97. The summed E-state index contributed by atoms with van der Waals surface area (Å²) in [4.78, 5) is 31.5. The number of thiophene rings is 2. The minimum atomic E-state index is -1.78. The van der Waals surface area contributed by atoms with Crippen LogP contribution < -0.4 is 15.6 Å². The van der Waals surface area contributed by atoms with Gasteiger partial charge in [-0.3, -0.25) is 4.79 Å². The van der Waals surface area contributed by atoms with E-state index in [-0.39, 0.29) is 23.3 Å². The first-order chi connectivity index (χ1) is 24.7. The summed E-state index contributed by atoms with van der Waals surface area (Å²) < 4.78 is 12.2. The van der Waals surface area contributed by atoms with Crippen molar-refractivity contribution < 1.29 is 29.6 Å². The highest BCUT2D eigenvalue weighted by Gasteiger charge is 2.53. The van der Waals surface area contributed by atoms with Crippen LogP contribution in [0.25, 0.3) is 10.9 Å². The third kappa shape index (κ3) is 7.35. The van der Waals surface area contributed by atoms with Crippen LogP contribution in [0.5, 0.6) is 11.5 Å². The van der Waals surface area contributed by atoms with Gasteiger partial charge in [0, 0.05) is 43.0 Å². The Morgan fingerprint density at radius 3 is 2.49 bits per heavy atom. The fourth-order valence-electron chi connectivity index (χ4n) is 7.94. The summed E-state index contributed by atoms with van der Waals surface area (Å²) >= 11 is 2.72. The fraction of sp³-hybridized carbons (Fsp3) is 0.385. The van der Waals surface area contributed by atoms with Crippen molar-refractivity contribution in [2.45, 2.75) is 56.1 Å². The van der Waals surface area contributed by atoms with Crippen LogP contribution in [-0.4, -0.2) is 70.1 Å². The van der Waals surface area contributed by atoms with E-state index in [0.717, 1.165) is 43.5 Å².